The van der Waals surface area contributed by atoms with E-state index in [0.29, 0.717) is 43.2 Å². The highest BCUT2D eigenvalue weighted by atomic mass is 32.2. The number of nitrogens with zero attached hydrogens (tertiary/aromatic N) is 3. The number of esters is 1. The Morgan fingerprint density at radius 3 is 2.53 bits per heavy atom. The van der Waals surface area contributed by atoms with Crippen LogP contribution < -0.4 is 10.2 Å². The fourth-order valence-electron chi connectivity index (χ4n) is 3.32. The zero-order valence-electron chi connectivity index (χ0n) is 19.1. The van der Waals surface area contributed by atoms with Gasteiger partial charge in [-0.3, -0.25) is 4.79 Å². The highest BCUT2D eigenvalue weighted by molar-refractivity contribution is 7.89. The van der Waals surface area contributed by atoms with E-state index < -0.39 is 28.0 Å². The van der Waals surface area contributed by atoms with Crippen LogP contribution in [0.5, 0.6) is 0 Å². The number of nitrogens with one attached hydrogen (secondary N) is 1. The molecule has 0 spiro atoms. The second kappa shape index (κ2) is 10.6. The Labute approximate surface area is 198 Å². The molecule has 1 saturated heterocycles. The highest BCUT2D eigenvalue weighted by Crippen LogP contribution is 2.27. The van der Waals surface area contributed by atoms with Crippen LogP contribution >= 0.6 is 0 Å². The van der Waals surface area contributed by atoms with Crippen LogP contribution in [0.15, 0.2) is 47.4 Å². The van der Waals surface area contributed by atoms with E-state index in [-0.39, 0.29) is 10.5 Å². The Bertz CT molecular complexity index is 1220. The van der Waals surface area contributed by atoms with Crippen LogP contribution in [0.2, 0.25) is 0 Å². The highest BCUT2D eigenvalue weighted by Gasteiger charge is 2.27. The molecular weight excluding hydrogens is 460 g/mol. The van der Waals surface area contributed by atoms with Gasteiger partial charge in [0.2, 0.25) is 10.0 Å². The lowest BCUT2D eigenvalue weighted by Gasteiger charge is -2.30. The van der Waals surface area contributed by atoms with Gasteiger partial charge in [-0.1, -0.05) is 6.07 Å². The molecule has 0 saturated carbocycles. The lowest BCUT2D eigenvalue weighted by molar-refractivity contribution is -0.123. The van der Waals surface area contributed by atoms with Crippen LogP contribution in [0, 0.1) is 11.3 Å². The van der Waals surface area contributed by atoms with Gasteiger partial charge in [0.25, 0.3) is 5.91 Å². The van der Waals surface area contributed by atoms with Crippen LogP contribution in [-0.4, -0.2) is 71.1 Å². The van der Waals surface area contributed by atoms with E-state index >= 15 is 0 Å². The van der Waals surface area contributed by atoms with Crippen molar-refractivity contribution in [3.63, 3.8) is 0 Å². The molecule has 34 heavy (non-hydrogen) atoms. The molecule has 0 radical (unpaired) electrons. The predicted octanol–water partition coefficient (Wildman–Crippen LogP) is 1.83. The van der Waals surface area contributed by atoms with Gasteiger partial charge >= 0.3 is 5.97 Å². The molecule has 1 N–H and O–H groups in total. The number of carbonyl (C=O) groups is 2. The van der Waals surface area contributed by atoms with Gasteiger partial charge in [0.15, 0.2) is 6.10 Å². The number of hydrogen-bond acceptors (Lipinski definition) is 8. The molecule has 1 fully saturated rings. The summed E-state index contributed by atoms with van der Waals surface area (Å²) in [4.78, 5) is 27.5. The van der Waals surface area contributed by atoms with Crippen molar-refractivity contribution in [1.82, 2.24) is 4.31 Å². The van der Waals surface area contributed by atoms with E-state index in [1.807, 2.05) is 11.0 Å². The first-order valence-corrected chi connectivity index (χ1v) is 12.0. The van der Waals surface area contributed by atoms with Gasteiger partial charge in [-0.05, 0) is 43.3 Å². The van der Waals surface area contributed by atoms with Gasteiger partial charge in [-0.2, -0.15) is 5.26 Å². The second-order valence-corrected chi connectivity index (χ2v) is 9.95. The van der Waals surface area contributed by atoms with Crippen molar-refractivity contribution in [2.75, 3.05) is 50.6 Å². The molecule has 3 rings (SSSR count). The summed E-state index contributed by atoms with van der Waals surface area (Å²) in [6.45, 7) is 3.38. The molecule has 11 heteroatoms. The third-order valence-electron chi connectivity index (χ3n) is 5.23. The third kappa shape index (κ3) is 5.72. The minimum absolute atomic E-state index is 0.0379. The van der Waals surface area contributed by atoms with Crippen molar-refractivity contribution in [1.29, 1.82) is 5.26 Å². The van der Waals surface area contributed by atoms with Crippen LogP contribution in [0.25, 0.3) is 0 Å². The molecule has 1 heterocycles. The van der Waals surface area contributed by atoms with E-state index in [0.717, 1.165) is 4.31 Å². The monoisotopic (exact) mass is 486 g/mol. The van der Waals surface area contributed by atoms with Crippen molar-refractivity contribution >= 4 is 33.3 Å². The van der Waals surface area contributed by atoms with Crippen LogP contribution in [0.1, 0.15) is 22.8 Å². The summed E-state index contributed by atoms with van der Waals surface area (Å²) in [5.41, 5.74) is 1.30. The Morgan fingerprint density at radius 2 is 1.88 bits per heavy atom. The largest absolute Gasteiger partial charge is 0.449 e. The average Bonchev–Trinajstić information content (AvgIpc) is 2.84. The number of anilines is 2. The lowest BCUT2D eigenvalue weighted by Crippen LogP contribution is -2.37. The summed E-state index contributed by atoms with van der Waals surface area (Å²) >= 11 is 0. The fraction of sp³-hybridized carbons (Fsp3) is 0.348. The quantitative estimate of drug-likeness (QED) is 0.587. The summed E-state index contributed by atoms with van der Waals surface area (Å²) in [5, 5.41) is 11.6. The molecule has 1 aliphatic rings. The molecule has 1 atom stereocenters. The van der Waals surface area contributed by atoms with Crippen LogP contribution in [-0.2, 0) is 24.3 Å². The van der Waals surface area contributed by atoms with Crippen molar-refractivity contribution in [3.05, 3.63) is 53.6 Å². The van der Waals surface area contributed by atoms with E-state index in [2.05, 4.69) is 5.32 Å². The molecule has 180 valence electrons. The van der Waals surface area contributed by atoms with E-state index in [1.165, 1.54) is 39.2 Å². The van der Waals surface area contributed by atoms with E-state index in [4.69, 9.17) is 14.7 Å². The van der Waals surface area contributed by atoms with E-state index in [1.54, 1.807) is 24.3 Å². The number of benzene rings is 2. The zero-order chi connectivity index (χ0) is 24.9. The maximum absolute atomic E-state index is 13.1. The number of sulfonamides is 1. The third-order valence-corrected chi connectivity index (χ3v) is 7.04. The normalized spacial score (nSPS) is 14.9. The van der Waals surface area contributed by atoms with Crippen LogP contribution in [0.4, 0.5) is 11.4 Å². The van der Waals surface area contributed by atoms with Gasteiger partial charge in [0.05, 0.1) is 41.0 Å². The second-order valence-electron chi connectivity index (χ2n) is 7.80. The Hall–Kier alpha value is -3.46. The molecule has 0 aliphatic carbocycles. The minimum Gasteiger partial charge on any atom is -0.449 e. The zero-order valence-corrected chi connectivity index (χ0v) is 20.0. The lowest BCUT2D eigenvalue weighted by atomic mass is 10.1. The van der Waals surface area contributed by atoms with Crippen molar-refractivity contribution in [2.45, 2.75) is 17.9 Å². The molecule has 0 aromatic heterocycles. The first-order chi connectivity index (χ1) is 16.1. The Kier molecular flexibility index (Phi) is 7.88. The van der Waals surface area contributed by atoms with Crippen LogP contribution in [0.3, 0.4) is 0 Å². The maximum Gasteiger partial charge on any atom is 0.341 e. The molecule has 1 aliphatic heterocycles. The smallest absolute Gasteiger partial charge is 0.341 e. The Morgan fingerprint density at radius 1 is 1.18 bits per heavy atom. The number of rotatable bonds is 7. The SMILES string of the molecule is C[C@@H](OC(=O)c1cc(S(=O)(=O)N(C)C)ccc1N1CCOCC1)C(=O)Nc1cccc(C#N)c1. The number of amides is 1. The molecule has 2 aromatic carbocycles. The minimum atomic E-state index is -3.80. The van der Waals surface area contributed by atoms with Gasteiger partial charge in [-0.25, -0.2) is 17.5 Å². The van der Waals surface area contributed by atoms with Crippen molar-refractivity contribution in [2.24, 2.45) is 0 Å². The van der Waals surface area contributed by atoms with Gasteiger partial charge in [-0.15, -0.1) is 0 Å². The number of carbonyl (C=O) groups excluding carboxylic acids is 2. The molecule has 2 aromatic rings. The summed E-state index contributed by atoms with van der Waals surface area (Å²) in [5.74, 6) is -1.42. The van der Waals surface area contributed by atoms with Gasteiger partial charge in [0, 0.05) is 32.9 Å². The fourth-order valence-corrected chi connectivity index (χ4v) is 4.25. The number of nitriles is 1. The van der Waals surface area contributed by atoms with Gasteiger partial charge < -0.3 is 19.7 Å². The molecule has 1 amide bonds. The van der Waals surface area contributed by atoms with E-state index in [9.17, 15) is 18.0 Å². The number of ether oxygens (including phenoxy) is 2. The summed E-state index contributed by atoms with van der Waals surface area (Å²) in [7, 11) is -0.996. The first-order valence-electron chi connectivity index (χ1n) is 10.5. The predicted molar refractivity (Wildman–Crippen MR) is 125 cm³/mol. The molecule has 10 nitrogen and oxygen atoms in total. The molecular formula is C23H26N4O6S. The topological polar surface area (TPSA) is 129 Å². The summed E-state index contributed by atoms with van der Waals surface area (Å²) < 4.78 is 37.1. The number of hydrogen-bond donors (Lipinski definition) is 1. The van der Waals surface area contributed by atoms with Gasteiger partial charge in [0.1, 0.15) is 0 Å². The molecule has 0 unspecified atom stereocenters. The average molecular weight is 487 g/mol. The molecule has 0 bridgehead atoms. The summed E-state index contributed by atoms with van der Waals surface area (Å²) in [6.07, 6.45) is -1.18. The Balaban J connectivity index is 1.85. The van der Waals surface area contributed by atoms with Crippen molar-refractivity contribution < 1.29 is 27.5 Å². The summed E-state index contributed by atoms with van der Waals surface area (Å²) in [6, 6.07) is 12.6. The standard InChI is InChI=1S/C23H26N4O6S/c1-16(22(28)25-18-6-4-5-17(13-18)15-24)33-23(29)20-14-19(34(30,31)26(2)3)7-8-21(20)27-9-11-32-12-10-27/h4-8,13-14,16H,9-12H2,1-3H3,(H,25,28)/t16-/m1/s1. The first kappa shape index (κ1) is 25.2. The van der Waals surface area contributed by atoms with Crippen molar-refractivity contribution in [3.8, 4) is 6.07 Å². The number of morpholine rings is 1. The maximum atomic E-state index is 13.1.